The average molecular weight is 425 g/mol. The second kappa shape index (κ2) is 8.29. The van der Waals surface area contributed by atoms with Crippen molar-refractivity contribution in [2.24, 2.45) is 11.8 Å². The lowest BCUT2D eigenvalue weighted by Gasteiger charge is -2.35. The minimum Gasteiger partial charge on any atom is -0.343 e. The summed E-state index contributed by atoms with van der Waals surface area (Å²) in [5, 5.41) is 5.68. The van der Waals surface area contributed by atoms with Crippen LogP contribution in [0, 0.1) is 31.5 Å². The van der Waals surface area contributed by atoms with E-state index in [2.05, 4.69) is 18.9 Å². The Morgan fingerprint density at radius 2 is 1.74 bits per heavy atom. The maximum Gasteiger partial charge on any atom is 0.276 e. The Morgan fingerprint density at radius 3 is 2.39 bits per heavy atom. The van der Waals surface area contributed by atoms with Gasteiger partial charge in [0.25, 0.3) is 5.56 Å². The van der Waals surface area contributed by atoms with Gasteiger partial charge in [-0.2, -0.15) is 5.10 Å². The van der Waals surface area contributed by atoms with E-state index in [4.69, 9.17) is 0 Å². The second-order valence-electron chi connectivity index (χ2n) is 9.02. The number of carbonyl (C=O) groups excluding carboxylic acids is 1. The van der Waals surface area contributed by atoms with E-state index in [0.29, 0.717) is 23.8 Å². The van der Waals surface area contributed by atoms with E-state index in [1.807, 2.05) is 23.3 Å². The summed E-state index contributed by atoms with van der Waals surface area (Å²) in [7, 11) is 0. The van der Waals surface area contributed by atoms with Gasteiger partial charge in [-0.05, 0) is 49.8 Å². The van der Waals surface area contributed by atoms with Gasteiger partial charge in [-0.1, -0.05) is 26.0 Å². The molecule has 0 bridgehead atoms. The third-order valence-corrected chi connectivity index (χ3v) is 6.37. The van der Waals surface area contributed by atoms with Gasteiger partial charge in [-0.3, -0.25) is 9.59 Å². The molecule has 3 heterocycles. The highest BCUT2D eigenvalue weighted by atomic mass is 19.1. The van der Waals surface area contributed by atoms with Gasteiger partial charge in [0.05, 0.1) is 11.6 Å². The van der Waals surface area contributed by atoms with Crippen molar-refractivity contribution in [1.29, 1.82) is 0 Å². The van der Waals surface area contributed by atoms with E-state index < -0.39 is 0 Å². The number of nitrogens with zero attached hydrogens (tertiary/aromatic N) is 4. The second-order valence-corrected chi connectivity index (χ2v) is 9.02. The van der Waals surface area contributed by atoms with Crippen LogP contribution in [0.15, 0.2) is 35.3 Å². The third kappa shape index (κ3) is 4.13. The van der Waals surface area contributed by atoms with Crippen LogP contribution >= 0.6 is 0 Å². The van der Waals surface area contributed by atoms with Crippen LogP contribution in [0.5, 0.6) is 0 Å². The molecule has 7 heteroatoms. The average Bonchev–Trinajstić information content (AvgIpc) is 2.96. The summed E-state index contributed by atoms with van der Waals surface area (Å²) in [5.74, 6) is 0.590. The molecule has 2 atom stereocenters. The SMILES string of the molecule is Cc1c2cnn(CC(=O)N3C[C@H](C)C[C@H](C)C3)c(=O)c2c(C)n1Cc1ccc(F)cc1. The quantitative estimate of drug-likeness (QED) is 0.644. The topological polar surface area (TPSA) is 60.1 Å². The van der Waals surface area contributed by atoms with E-state index in [9.17, 15) is 14.0 Å². The molecular weight excluding hydrogens is 395 g/mol. The number of rotatable bonds is 4. The van der Waals surface area contributed by atoms with Crippen molar-refractivity contribution in [2.45, 2.75) is 47.2 Å². The molecule has 1 fully saturated rings. The Morgan fingerprint density at radius 1 is 1.10 bits per heavy atom. The van der Waals surface area contributed by atoms with Gasteiger partial charge in [0, 0.05) is 36.4 Å². The Kier molecular flexibility index (Phi) is 5.69. The molecule has 0 unspecified atom stereocenters. The summed E-state index contributed by atoms with van der Waals surface area (Å²) in [5.41, 5.74) is 2.45. The molecule has 2 aromatic heterocycles. The molecule has 0 radical (unpaired) electrons. The molecule has 3 aromatic rings. The van der Waals surface area contributed by atoms with Crippen molar-refractivity contribution in [2.75, 3.05) is 13.1 Å². The number of aromatic nitrogens is 3. The molecule has 1 aliphatic heterocycles. The molecule has 6 nitrogen and oxygen atoms in total. The highest BCUT2D eigenvalue weighted by Gasteiger charge is 2.26. The van der Waals surface area contributed by atoms with E-state index in [1.54, 1.807) is 18.3 Å². The maximum atomic E-state index is 13.2. The monoisotopic (exact) mass is 424 g/mol. The zero-order chi connectivity index (χ0) is 22.3. The van der Waals surface area contributed by atoms with Crippen molar-refractivity contribution in [3.05, 3.63) is 63.6 Å². The van der Waals surface area contributed by atoms with E-state index in [-0.39, 0.29) is 23.8 Å². The lowest BCUT2D eigenvalue weighted by Crippen LogP contribution is -2.45. The number of amides is 1. The summed E-state index contributed by atoms with van der Waals surface area (Å²) >= 11 is 0. The molecule has 0 spiro atoms. The fraction of sp³-hybridized carbons (Fsp3) is 0.458. The van der Waals surface area contributed by atoms with Crippen LogP contribution in [0.25, 0.3) is 10.8 Å². The Labute approximate surface area is 181 Å². The molecule has 1 aromatic carbocycles. The van der Waals surface area contributed by atoms with E-state index in [1.165, 1.54) is 16.8 Å². The molecule has 4 rings (SSSR count). The van der Waals surface area contributed by atoms with Crippen LogP contribution in [0.1, 0.15) is 37.2 Å². The first-order valence-electron chi connectivity index (χ1n) is 10.8. The molecule has 0 saturated carbocycles. The predicted octanol–water partition coefficient (Wildman–Crippen LogP) is 3.51. The number of hydrogen-bond donors (Lipinski definition) is 0. The number of fused-ring (bicyclic) bond motifs is 1. The highest BCUT2D eigenvalue weighted by molar-refractivity contribution is 5.87. The van der Waals surface area contributed by atoms with E-state index >= 15 is 0 Å². The number of aryl methyl sites for hydroxylation is 2. The Bertz CT molecular complexity index is 1170. The van der Waals surface area contributed by atoms with Gasteiger partial charge >= 0.3 is 0 Å². The first-order valence-corrected chi connectivity index (χ1v) is 10.8. The van der Waals surface area contributed by atoms with Crippen LogP contribution in [-0.2, 0) is 17.9 Å². The van der Waals surface area contributed by atoms with Crippen LogP contribution < -0.4 is 5.56 Å². The van der Waals surface area contributed by atoms with Crippen LogP contribution in [0.4, 0.5) is 4.39 Å². The number of halogens is 1. The normalized spacial score (nSPS) is 19.2. The molecule has 0 aliphatic carbocycles. The summed E-state index contributed by atoms with van der Waals surface area (Å²) < 4.78 is 16.6. The fourth-order valence-electron chi connectivity index (χ4n) is 4.86. The van der Waals surface area contributed by atoms with Crippen molar-refractivity contribution >= 4 is 16.7 Å². The molecular formula is C24H29FN4O2. The lowest BCUT2D eigenvalue weighted by molar-refractivity contribution is -0.134. The van der Waals surface area contributed by atoms with Gasteiger partial charge in [0.15, 0.2) is 0 Å². The van der Waals surface area contributed by atoms with Gasteiger partial charge in [-0.15, -0.1) is 0 Å². The molecule has 1 saturated heterocycles. The predicted molar refractivity (Wildman–Crippen MR) is 118 cm³/mol. The summed E-state index contributed by atoms with van der Waals surface area (Å²) in [4.78, 5) is 27.9. The number of benzene rings is 1. The Balaban J connectivity index is 1.64. The van der Waals surface area contributed by atoms with E-state index in [0.717, 1.165) is 41.8 Å². The van der Waals surface area contributed by atoms with Gasteiger partial charge in [0.1, 0.15) is 12.4 Å². The van der Waals surface area contributed by atoms with Crippen molar-refractivity contribution in [1.82, 2.24) is 19.2 Å². The minimum absolute atomic E-state index is 0.0458. The largest absolute Gasteiger partial charge is 0.343 e. The first kappa shape index (κ1) is 21.3. The van der Waals surface area contributed by atoms with Gasteiger partial charge in [0.2, 0.25) is 5.91 Å². The number of hydrogen-bond acceptors (Lipinski definition) is 3. The lowest BCUT2D eigenvalue weighted by atomic mass is 9.92. The van der Waals surface area contributed by atoms with Gasteiger partial charge in [-0.25, -0.2) is 9.07 Å². The summed E-state index contributed by atoms with van der Waals surface area (Å²) in [6, 6.07) is 6.36. The molecule has 1 amide bonds. The number of likely N-dealkylation sites (tertiary alicyclic amines) is 1. The van der Waals surface area contributed by atoms with Crippen molar-refractivity contribution in [3.63, 3.8) is 0 Å². The fourth-order valence-corrected chi connectivity index (χ4v) is 4.86. The smallest absolute Gasteiger partial charge is 0.276 e. The van der Waals surface area contributed by atoms with Crippen LogP contribution in [0.2, 0.25) is 0 Å². The first-order chi connectivity index (χ1) is 14.7. The van der Waals surface area contributed by atoms with Crippen LogP contribution in [0.3, 0.4) is 0 Å². The Hall–Kier alpha value is -2.96. The maximum absolute atomic E-state index is 13.2. The molecule has 31 heavy (non-hydrogen) atoms. The number of carbonyl (C=O) groups is 1. The van der Waals surface area contributed by atoms with Gasteiger partial charge < -0.3 is 9.47 Å². The number of piperidine rings is 1. The van der Waals surface area contributed by atoms with Crippen molar-refractivity contribution < 1.29 is 9.18 Å². The zero-order valence-corrected chi connectivity index (χ0v) is 18.6. The summed E-state index contributed by atoms with van der Waals surface area (Å²) in [6.45, 7) is 10.1. The minimum atomic E-state index is -0.274. The van der Waals surface area contributed by atoms with Crippen molar-refractivity contribution in [3.8, 4) is 0 Å². The van der Waals surface area contributed by atoms with Crippen LogP contribution in [-0.4, -0.2) is 38.2 Å². The molecule has 0 N–H and O–H groups in total. The third-order valence-electron chi connectivity index (χ3n) is 6.37. The molecule has 1 aliphatic rings. The summed E-state index contributed by atoms with van der Waals surface area (Å²) in [6.07, 6.45) is 2.79. The molecule has 164 valence electrons. The zero-order valence-electron chi connectivity index (χ0n) is 18.6. The standard InChI is InChI=1S/C24H29FN4O2/c1-15-9-16(2)12-27(11-15)22(30)14-29-24(31)23-18(4)28(17(3)21(23)10-26-29)13-19-5-7-20(25)8-6-19/h5-8,10,15-16H,9,11-14H2,1-4H3/t15-,16+. The highest BCUT2D eigenvalue weighted by Crippen LogP contribution is 2.24.